The lowest BCUT2D eigenvalue weighted by Gasteiger charge is -2.06. The van der Waals surface area contributed by atoms with Crippen LogP contribution in [0.2, 0.25) is 0 Å². The third kappa shape index (κ3) is 2.73. The average Bonchev–Trinajstić information content (AvgIpc) is 2.79. The highest BCUT2D eigenvalue weighted by atomic mass is 127. The van der Waals surface area contributed by atoms with E-state index in [-0.39, 0.29) is 11.7 Å². The van der Waals surface area contributed by atoms with Gasteiger partial charge in [0.1, 0.15) is 10.7 Å². The molecule has 0 atom stereocenters. The highest BCUT2D eigenvalue weighted by Gasteiger charge is 2.17. The van der Waals surface area contributed by atoms with E-state index in [4.69, 9.17) is 5.73 Å². The number of benzene rings is 2. The predicted molar refractivity (Wildman–Crippen MR) is 93.3 cm³/mol. The number of nitrogens with two attached hydrogens (primary N) is 1. The standard InChI is InChI=1S/C15H10FIN2OS/c16-8-5-6-12-9(7-8)13(18)14(21-12)15(20)19-11-4-2-1-3-10(11)17/h1-7H,18H2,(H,19,20). The highest BCUT2D eigenvalue weighted by molar-refractivity contribution is 14.1. The summed E-state index contributed by atoms with van der Waals surface area (Å²) in [5, 5.41) is 3.41. The van der Waals surface area contributed by atoms with Crippen molar-refractivity contribution in [3.8, 4) is 0 Å². The third-order valence-corrected chi connectivity index (χ3v) is 5.14. The first-order valence-electron chi connectivity index (χ1n) is 6.09. The molecule has 2 aromatic carbocycles. The van der Waals surface area contributed by atoms with Gasteiger partial charge in [-0.3, -0.25) is 4.79 Å². The minimum absolute atomic E-state index is 0.279. The van der Waals surface area contributed by atoms with E-state index in [1.165, 1.54) is 23.5 Å². The van der Waals surface area contributed by atoms with Crippen molar-refractivity contribution in [1.82, 2.24) is 0 Å². The van der Waals surface area contributed by atoms with Gasteiger partial charge in [-0.25, -0.2) is 4.39 Å². The Labute approximate surface area is 138 Å². The molecule has 1 amide bonds. The molecule has 0 aliphatic heterocycles. The lowest BCUT2D eigenvalue weighted by atomic mass is 10.2. The van der Waals surface area contributed by atoms with Crippen molar-refractivity contribution in [1.29, 1.82) is 0 Å². The predicted octanol–water partition coefficient (Wildman–Crippen LogP) is 4.48. The molecule has 6 heteroatoms. The van der Waals surface area contributed by atoms with Crippen LogP contribution >= 0.6 is 33.9 Å². The fourth-order valence-corrected chi connectivity index (χ4v) is 3.52. The Morgan fingerprint density at radius 2 is 2.00 bits per heavy atom. The number of carbonyl (C=O) groups is 1. The van der Waals surface area contributed by atoms with Crippen LogP contribution in [0.25, 0.3) is 10.1 Å². The van der Waals surface area contributed by atoms with Gasteiger partial charge in [-0.1, -0.05) is 12.1 Å². The Morgan fingerprint density at radius 1 is 1.24 bits per heavy atom. The summed E-state index contributed by atoms with van der Waals surface area (Å²) in [6.45, 7) is 0. The van der Waals surface area contributed by atoms with Gasteiger partial charge in [0.05, 0.1) is 11.4 Å². The summed E-state index contributed by atoms with van der Waals surface area (Å²) in [6.07, 6.45) is 0. The molecule has 3 N–H and O–H groups in total. The summed E-state index contributed by atoms with van der Waals surface area (Å²) in [4.78, 5) is 12.8. The van der Waals surface area contributed by atoms with Gasteiger partial charge in [0.15, 0.2) is 0 Å². The van der Waals surface area contributed by atoms with Crippen molar-refractivity contribution < 1.29 is 9.18 Å². The maximum absolute atomic E-state index is 13.3. The quantitative estimate of drug-likeness (QED) is 0.610. The number of halogens is 2. The normalized spacial score (nSPS) is 10.8. The summed E-state index contributed by atoms with van der Waals surface area (Å²) in [5.41, 5.74) is 7.03. The van der Waals surface area contributed by atoms with Crippen LogP contribution in [0.15, 0.2) is 42.5 Å². The Hall–Kier alpha value is -1.67. The van der Waals surface area contributed by atoms with Crippen LogP contribution < -0.4 is 11.1 Å². The summed E-state index contributed by atoms with van der Waals surface area (Å²) in [7, 11) is 0. The van der Waals surface area contributed by atoms with Gasteiger partial charge < -0.3 is 11.1 Å². The Bertz CT molecular complexity index is 847. The van der Waals surface area contributed by atoms with E-state index >= 15 is 0 Å². The molecule has 21 heavy (non-hydrogen) atoms. The molecule has 0 saturated carbocycles. The second kappa shape index (κ2) is 5.61. The minimum atomic E-state index is -0.364. The van der Waals surface area contributed by atoms with Crippen LogP contribution in [0.5, 0.6) is 0 Å². The molecule has 0 aliphatic carbocycles. The van der Waals surface area contributed by atoms with E-state index < -0.39 is 0 Å². The van der Waals surface area contributed by atoms with Crippen LogP contribution in [0.3, 0.4) is 0 Å². The summed E-state index contributed by atoms with van der Waals surface area (Å²) in [5.74, 6) is -0.644. The second-order valence-corrected chi connectivity index (χ2v) is 6.63. The number of nitrogens with one attached hydrogen (secondary N) is 1. The summed E-state index contributed by atoms with van der Waals surface area (Å²) in [6, 6.07) is 11.8. The van der Waals surface area contributed by atoms with Crippen molar-refractivity contribution >= 4 is 61.3 Å². The number of hydrogen-bond acceptors (Lipinski definition) is 3. The van der Waals surface area contributed by atoms with Gasteiger partial charge in [-0.15, -0.1) is 11.3 Å². The zero-order chi connectivity index (χ0) is 15.0. The molecule has 0 spiro atoms. The SMILES string of the molecule is Nc1c(C(=O)Nc2ccccc2I)sc2ccc(F)cc12. The smallest absolute Gasteiger partial charge is 0.267 e. The number of rotatable bonds is 2. The first kappa shape index (κ1) is 14.3. The van der Waals surface area contributed by atoms with Gasteiger partial charge in [0.2, 0.25) is 0 Å². The van der Waals surface area contributed by atoms with Crippen LogP contribution in [-0.4, -0.2) is 5.91 Å². The zero-order valence-corrected chi connectivity index (χ0v) is 13.7. The Morgan fingerprint density at radius 3 is 2.76 bits per heavy atom. The molecule has 106 valence electrons. The summed E-state index contributed by atoms with van der Waals surface area (Å²) < 4.78 is 15.0. The van der Waals surface area contributed by atoms with Crippen molar-refractivity contribution in [3.63, 3.8) is 0 Å². The lowest BCUT2D eigenvalue weighted by molar-refractivity contribution is 0.103. The molecule has 0 radical (unpaired) electrons. The van der Waals surface area contributed by atoms with Crippen LogP contribution in [0.1, 0.15) is 9.67 Å². The summed E-state index contributed by atoms with van der Waals surface area (Å²) >= 11 is 3.41. The number of nitrogen functional groups attached to an aromatic ring is 1. The zero-order valence-electron chi connectivity index (χ0n) is 10.7. The van der Waals surface area contributed by atoms with E-state index in [0.29, 0.717) is 16.0 Å². The minimum Gasteiger partial charge on any atom is -0.397 e. The van der Waals surface area contributed by atoms with E-state index in [1.54, 1.807) is 6.07 Å². The molecule has 0 fully saturated rings. The van der Waals surface area contributed by atoms with Crippen molar-refractivity contribution in [2.24, 2.45) is 0 Å². The third-order valence-electron chi connectivity index (χ3n) is 3.02. The molecular weight excluding hydrogens is 402 g/mol. The largest absolute Gasteiger partial charge is 0.397 e. The maximum Gasteiger partial charge on any atom is 0.267 e. The van der Waals surface area contributed by atoms with E-state index in [0.717, 1.165) is 14.0 Å². The van der Waals surface area contributed by atoms with Gasteiger partial charge in [-0.05, 0) is 52.9 Å². The number of fused-ring (bicyclic) bond motifs is 1. The first-order chi connectivity index (χ1) is 10.1. The Kier molecular flexibility index (Phi) is 3.81. The fourth-order valence-electron chi connectivity index (χ4n) is 2.00. The molecule has 3 rings (SSSR count). The molecule has 0 bridgehead atoms. The van der Waals surface area contributed by atoms with Gasteiger partial charge in [0, 0.05) is 13.7 Å². The molecule has 1 heterocycles. The second-order valence-electron chi connectivity index (χ2n) is 4.42. The topological polar surface area (TPSA) is 55.1 Å². The monoisotopic (exact) mass is 412 g/mol. The molecule has 0 unspecified atom stereocenters. The number of thiophene rings is 1. The van der Waals surface area contributed by atoms with Crippen molar-refractivity contribution in [2.75, 3.05) is 11.1 Å². The van der Waals surface area contributed by atoms with Crippen molar-refractivity contribution in [2.45, 2.75) is 0 Å². The lowest BCUT2D eigenvalue weighted by Crippen LogP contribution is -2.12. The van der Waals surface area contributed by atoms with Crippen LogP contribution in [0.4, 0.5) is 15.8 Å². The number of anilines is 2. The molecular formula is C15H10FIN2OS. The average molecular weight is 412 g/mol. The van der Waals surface area contributed by atoms with E-state index in [1.807, 2.05) is 24.3 Å². The molecule has 3 aromatic rings. The van der Waals surface area contributed by atoms with Gasteiger partial charge >= 0.3 is 0 Å². The number of amides is 1. The van der Waals surface area contributed by atoms with Gasteiger partial charge in [0.25, 0.3) is 5.91 Å². The van der Waals surface area contributed by atoms with E-state index in [2.05, 4.69) is 27.9 Å². The molecule has 1 aromatic heterocycles. The highest BCUT2D eigenvalue weighted by Crippen LogP contribution is 2.34. The van der Waals surface area contributed by atoms with E-state index in [9.17, 15) is 9.18 Å². The van der Waals surface area contributed by atoms with Gasteiger partial charge in [-0.2, -0.15) is 0 Å². The Balaban J connectivity index is 1.99. The molecule has 3 nitrogen and oxygen atoms in total. The molecule has 0 aliphatic rings. The maximum atomic E-state index is 13.3. The number of para-hydroxylation sites is 1. The number of carbonyl (C=O) groups excluding carboxylic acids is 1. The number of hydrogen-bond donors (Lipinski definition) is 2. The fraction of sp³-hybridized carbons (Fsp3) is 0. The van der Waals surface area contributed by atoms with Crippen LogP contribution in [-0.2, 0) is 0 Å². The molecule has 0 saturated heterocycles. The first-order valence-corrected chi connectivity index (χ1v) is 7.99. The van der Waals surface area contributed by atoms with Crippen molar-refractivity contribution in [3.05, 3.63) is 56.7 Å². The van der Waals surface area contributed by atoms with Crippen LogP contribution in [0, 0.1) is 9.39 Å².